The van der Waals surface area contributed by atoms with E-state index < -0.39 is 12.1 Å². The maximum atomic E-state index is 12.9. The van der Waals surface area contributed by atoms with Crippen LogP contribution < -0.4 is 16.4 Å². The van der Waals surface area contributed by atoms with Gasteiger partial charge in [-0.3, -0.25) is 4.79 Å². The number of urea groups is 1. The first-order valence-electron chi connectivity index (χ1n) is 7.16. The summed E-state index contributed by atoms with van der Waals surface area (Å²) in [6.07, 6.45) is 0.332. The third-order valence-corrected chi connectivity index (χ3v) is 3.30. The molecule has 0 bridgehead atoms. The van der Waals surface area contributed by atoms with Crippen LogP contribution in [0.2, 0.25) is 0 Å². The molecule has 1 unspecified atom stereocenters. The molecule has 2 rings (SSSR count). The maximum absolute atomic E-state index is 12.9. The summed E-state index contributed by atoms with van der Waals surface area (Å²) in [5, 5.41) is 5.15. The molecule has 6 heteroatoms. The van der Waals surface area contributed by atoms with E-state index in [2.05, 4.69) is 10.6 Å². The molecule has 2 aromatic rings. The van der Waals surface area contributed by atoms with Crippen LogP contribution in [0, 0.1) is 5.82 Å². The van der Waals surface area contributed by atoms with Crippen molar-refractivity contribution in [2.45, 2.75) is 19.0 Å². The van der Waals surface area contributed by atoms with Crippen LogP contribution in [0.1, 0.15) is 11.1 Å². The van der Waals surface area contributed by atoms with Crippen LogP contribution in [0.25, 0.3) is 0 Å². The van der Waals surface area contributed by atoms with Crippen molar-refractivity contribution in [3.8, 4) is 0 Å². The molecule has 120 valence electrons. The number of primary amides is 1. The fraction of sp³-hybridized carbons (Fsp3) is 0.176. The van der Waals surface area contributed by atoms with Crippen LogP contribution in [-0.2, 0) is 17.8 Å². The Morgan fingerprint density at radius 1 is 1.00 bits per heavy atom. The van der Waals surface area contributed by atoms with Crippen molar-refractivity contribution in [2.24, 2.45) is 5.73 Å². The smallest absolute Gasteiger partial charge is 0.312 e. The molecule has 1 atom stereocenters. The SMILES string of the molecule is NC(=O)NC(Cc1ccccc1)C(=O)NCc1ccc(F)cc1. The number of carbonyl (C=O) groups excluding carboxylic acids is 2. The molecule has 3 amide bonds. The van der Waals surface area contributed by atoms with Gasteiger partial charge in [-0.25, -0.2) is 9.18 Å². The highest BCUT2D eigenvalue weighted by molar-refractivity contribution is 5.86. The predicted octanol–water partition coefficient (Wildman–Crippen LogP) is 1.72. The van der Waals surface area contributed by atoms with E-state index in [0.29, 0.717) is 6.42 Å². The lowest BCUT2D eigenvalue weighted by Crippen LogP contribution is -2.49. The molecule has 0 radical (unpaired) electrons. The Hall–Kier alpha value is -2.89. The fourth-order valence-electron chi connectivity index (χ4n) is 2.15. The fourth-order valence-corrected chi connectivity index (χ4v) is 2.15. The molecule has 0 heterocycles. The van der Waals surface area contributed by atoms with E-state index in [9.17, 15) is 14.0 Å². The van der Waals surface area contributed by atoms with Crippen molar-refractivity contribution in [1.29, 1.82) is 0 Å². The van der Waals surface area contributed by atoms with Crippen LogP contribution >= 0.6 is 0 Å². The number of halogens is 1. The van der Waals surface area contributed by atoms with Gasteiger partial charge in [0.15, 0.2) is 0 Å². The van der Waals surface area contributed by atoms with Gasteiger partial charge in [0.25, 0.3) is 0 Å². The van der Waals surface area contributed by atoms with E-state index in [-0.39, 0.29) is 18.3 Å². The predicted molar refractivity (Wildman–Crippen MR) is 84.9 cm³/mol. The third kappa shape index (κ3) is 5.43. The molecule has 0 saturated carbocycles. The summed E-state index contributed by atoms with van der Waals surface area (Å²) in [4.78, 5) is 23.4. The minimum absolute atomic E-state index is 0.241. The highest BCUT2D eigenvalue weighted by atomic mass is 19.1. The molecular formula is C17H18FN3O2. The van der Waals surface area contributed by atoms with E-state index in [0.717, 1.165) is 11.1 Å². The zero-order valence-electron chi connectivity index (χ0n) is 12.5. The molecule has 0 aliphatic heterocycles. The number of amides is 3. The van der Waals surface area contributed by atoms with E-state index >= 15 is 0 Å². The summed E-state index contributed by atoms with van der Waals surface area (Å²) in [7, 11) is 0. The molecule has 0 aromatic heterocycles. The second-order valence-electron chi connectivity index (χ2n) is 5.10. The van der Waals surface area contributed by atoms with Gasteiger partial charge in [-0.05, 0) is 23.3 Å². The lowest BCUT2D eigenvalue weighted by molar-refractivity contribution is -0.123. The Kier molecular flexibility index (Phi) is 5.68. The number of carbonyl (C=O) groups is 2. The Labute approximate surface area is 133 Å². The summed E-state index contributed by atoms with van der Waals surface area (Å²) in [6.45, 7) is 0.241. The summed E-state index contributed by atoms with van der Waals surface area (Å²) >= 11 is 0. The molecule has 2 aromatic carbocycles. The van der Waals surface area contributed by atoms with Gasteiger partial charge in [-0.15, -0.1) is 0 Å². The van der Waals surface area contributed by atoms with E-state index in [1.807, 2.05) is 30.3 Å². The number of hydrogen-bond acceptors (Lipinski definition) is 2. The Balaban J connectivity index is 1.98. The van der Waals surface area contributed by atoms with Crippen molar-refractivity contribution < 1.29 is 14.0 Å². The number of hydrogen-bond donors (Lipinski definition) is 3. The topological polar surface area (TPSA) is 84.2 Å². The number of rotatable bonds is 6. The maximum Gasteiger partial charge on any atom is 0.312 e. The monoisotopic (exact) mass is 315 g/mol. The minimum atomic E-state index is -0.768. The van der Waals surface area contributed by atoms with Gasteiger partial charge in [-0.2, -0.15) is 0 Å². The van der Waals surface area contributed by atoms with Crippen molar-refractivity contribution in [3.63, 3.8) is 0 Å². The van der Waals surface area contributed by atoms with Gasteiger partial charge in [0.2, 0.25) is 5.91 Å². The zero-order valence-corrected chi connectivity index (χ0v) is 12.5. The van der Waals surface area contributed by atoms with Crippen LogP contribution in [0.15, 0.2) is 54.6 Å². The van der Waals surface area contributed by atoms with Crippen LogP contribution in [0.5, 0.6) is 0 Å². The van der Waals surface area contributed by atoms with E-state index in [4.69, 9.17) is 5.73 Å². The molecule has 23 heavy (non-hydrogen) atoms. The third-order valence-electron chi connectivity index (χ3n) is 3.30. The standard InChI is InChI=1S/C17H18FN3O2/c18-14-8-6-13(7-9-14)11-20-16(22)15(21-17(19)23)10-12-4-2-1-3-5-12/h1-9,15H,10-11H2,(H,20,22)(H3,19,21,23). The highest BCUT2D eigenvalue weighted by Crippen LogP contribution is 2.05. The molecule has 0 aliphatic rings. The second kappa shape index (κ2) is 7.93. The van der Waals surface area contributed by atoms with Gasteiger partial charge >= 0.3 is 6.03 Å². The summed E-state index contributed by atoms with van der Waals surface area (Å²) in [5.41, 5.74) is 6.80. The van der Waals surface area contributed by atoms with Gasteiger partial charge in [0, 0.05) is 13.0 Å². The molecule has 0 saturated heterocycles. The zero-order chi connectivity index (χ0) is 16.7. The van der Waals surface area contributed by atoms with E-state index in [1.54, 1.807) is 12.1 Å². The largest absolute Gasteiger partial charge is 0.352 e. The van der Waals surface area contributed by atoms with Crippen LogP contribution in [-0.4, -0.2) is 18.0 Å². The molecule has 5 nitrogen and oxygen atoms in total. The summed E-state index contributed by atoms with van der Waals surface area (Å²) < 4.78 is 12.9. The van der Waals surface area contributed by atoms with Crippen molar-refractivity contribution in [3.05, 3.63) is 71.5 Å². The average molecular weight is 315 g/mol. The van der Waals surface area contributed by atoms with E-state index in [1.165, 1.54) is 12.1 Å². The average Bonchev–Trinajstić information content (AvgIpc) is 2.54. The van der Waals surface area contributed by atoms with Gasteiger partial charge in [0.1, 0.15) is 11.9 Å². The molecule has 0 aliphatic carbocycles. The molecule has 4 N–H and O–H groups in total. The normalized spacial score (nSPS) is 11.5. The Morgan fingerprint density at radius 2 is 1.65 bits per heavy atom. The first-order valence-corrected chi connectivity index (χ1v) is 7.16. The van der Waals surface area contributed by atoms with Crippen LogP contribution in [0.3, 0.4) is 0 Å². The Morgan fingerprint density at radius 3 is 2.26 bits per heavy atom. The highest BCUT2D eigenvalue weighted by Gasteiger charge is 2.19. The lowest BCUT2D eigenvalue weighted by atomic mass is 10.1. The second-order valence-corrected chi connectivity index (χ2v) is 5.10. The lowest BCUT2D eigenvalue weighted by Gasteiger charge is -2.17. The van der Waals surface area contributed by atoms with Crippen molar-refractivity contribution in [1.82, 2.24) is 10.6 Å². The summed E-state index contributed by atoms with van der Waals surface area (Å²) in [5.74, 6) is -0.686. The number of nitrogens with one attached hydrogen (secondary N) is 2. The molecular weight excluding hydrogens is 297 g/mol. The van der Waals surface area contributed by atoms with Crippen molar-refractivity contribution >= 4 is 11.9 Å². The first-order chi connectivity index (χ1) is 11.0. The van der Waals surface area contributed by atoms with Gasteiger partial charge in [-0.1, -0.05) is 42.5 Å². The van der Waals surface area contributed by atoms with Crippen molar-refractivity contribution in [2.75, 3.05) is 0 Å². The number of nitrogens with two attached hydrogens (primary N) is 1. The Bertz CT molecular complexity index is 659. The quantitative estimate of drug-likeness (QED) is 0.758. The molecule has 0 fully saturated rings. The van der Waals surface area contributed by atoms with Gasteiger partial charge in [0.05, 0.1) is 0 Å². The number of benzene rings is 2. The van der Waals surface area contributed by atoms with Crippen LogP contribution in [0.4, 0.5) is 9.18 Å². The molecule has 0 spiro atoms. The van der Waals surface area contributed by atoms with Gasteiger partial charge < -0.3 is 16.4 Å². The minimum Gasteiger partial charge on any atom is -0.352 e. The first kappa shape index (κ1) is 16.5. The summed E-state index contributed by atoms with van der Waals surface area (Å²) in [6, 6.07) is 13.6.